The summed E-state index contributed by atoms with van der Waals surface area (Å²) in [6, 6.07) is 14.3. The number of carbonyl (C=O) groups is 2. The zero-order chi connectivity index (χ0) is 31.1. The summed E-state index contributed by atoms with van der Waals surface area (Å²) in [5.74, 6) is 1.26. The number of imidazole rings is 1. The van der Waals surface area contributed by atoms with Crippen molar-refractivity contribution in [2.75, 3.05) is 29.9 Å². The normalized spacial score (nSPS) is 23.0. The van der Waals surface area contributed by atoms with Crippen molar-refractivity contribution in [2.24, 2.45) is 5.92 Å². The molecule has 45 heavy (non-hydrogen) atoms. The SMILES string of the molecule is Cc1nc2c(n1C1C[C@H]3CC[C@@H](C1)N3CCCN(C(=O)Nc1ccc(Cl)cc1)c1cccc(F)c1)CCN(C(=O)C1CCC1)C2. The average molecular weight is 633 g/mol. The number of aryl methyl sites for hydroxylation is 1. The molecule has 3 aromatic rings. The molecule has 1 unspecified atom stereocenters. The minimum atomic E-state index is -0.369. The lowest BCUT2D eigenvalue weighted by Gasteiger charge is -2.41. The number of hydrogen-bond donors (Lipinski definition) is 1. The molecular weight excluding hydrogens is 591 g/mol. The number of piperidine rings is 1. The minimum Gasteiger partial charge on any atom is -0.336 e. The van der Waals surface area contributed by atoms with Gasteiger partial charge in [0.2, 0.25) is 5.91 Å². The third-order valence-corrected chi connectivity index (χ3v) is 10.7. The Labute approximate surface area is 269 Å². The molecule has 4 heterocycles. The number of carbonyl (C=O) groups excluding carboxylic acids is 2. The molecular formula is C35H42ClFN6O2. The average Bonchev–Trinajstić information content (AvgIpc) is 3.44. The van der Waals surface area contributed by atoms with Crippen LogP contribution in [0.3, 0.4) is 0 Å². The van der Waals surface area contributed by atoms with Crippen LogP contribution >= 0.6 is 11.6 Å². The van der Waals surface area contributed by atoms with Gasteiger partial charge in [-0.3, -0.25) is 14.6 Å². The first kappa shape index (κ1) is 30.2. The molecule has 3 amide bonds. The van der Waals surface area contributed by atoms with Crippen LogP contribution in [0.15, 0.2) is 48.5 Å². The molecule has 0 spiro atoms. The van der Waals surface area contributed by atoms with E-state index in [0.29, 0.717) is 53.5 Å². The van der Waals surface area contributed by atoms with E-state index in [1.54, 1.807) is 41.3 Å². The Kier molecular flexibility index (Phi) is 8.57. The molecule has 1 N–H and O–H groups in total. The fourth-order valence-corrected chi connectivity index (χ4v) is 8.20. The maximum atomic E-state index is 14.2. The molecule has 1 aliphatic carbocycles. The van der Waals surface area contributed by atoms with Gasteiger partial charge in [0.1, 0.15) is 11.6 Å². The first-order valence-corrected chi connectivity index (χ1v) is 16.9. The van der Waals surface area contributed by atoms with Crippen LogP contribution in [0.2, 0.25) is 5.02 Å². The number of benzene rings is 2. The summed E-state index contributed by atoms with van der Waals surface area (Å²) in [6.07, 6.45) is 9.48. The van der Waals surface area contributed by atoms with Crippen molar-refractivity contribution in [3.63, 3.8) is 0 Å². The number of rotatable bonds is 8. The van der Waals surface area contributed by atoms with E-state index in [0.717, 1.165) is 63.1 Å². The van der Waals surface area contributed by atoms with E-state index >= 15 is 0 Å². The molecule has 2 saturated heterocycles. The molecule has 1 saturated carbocycles. The number of halogens is 2. The summed E-state index contributed by atoms with van der Waals surface area (Å²) in [4.78, 5) is 37.6. The molecule has 3 atom stereocenters. The smallest absolute Gasteiger partial charge is 0.326 e. The Balaban J connectivity index is 0.990. The molecule has 1 aromatic heterocycles. The third-order valence-electron chi connectivity index (χ3n) is 10.5. The quantitative estimate of drug-likeness (QED) is 0.291. The second-order valence-electron chi connectivity index (χ2n) is 13.2. The van der Waals surface area contributed by atoms with Crippen LogP contribution in [-0.4, -0.2) is 63.0 Å². The molecule has 238 valence electrons. The zero-order valence-corrected chi connectivity index (χ0v) is 26.7. The van der Waals surface area contributed by atoms with Gasteiger partial charge in [0.15, 0.2) is 0 Å². The van der Waals surface area contributed by atoms with Crippen molar-refractivity contribution in [1.29, 1.82) is 0 Å². The van der Waals surface area contributed by atoms with Gasteiger partial charge in [-0.05, 0) is 94.3 Å². The third kappa shape index (κ3) is 6.21. The topological polar surface area (TPSA) is 73.7 Å². The Morgan fingerprint density at radius 3 is 2.49 bits per heavy atom. The fraction of sp³-hybridized carbons (Fsp3) is 0.514. The van der Waals surface area contributed by atoms with Crippen LogP contribution in [-0.2, 0) is 17.8 Å². The second-order valence-corrected chi connectivity index (χ2v) is 13.7. The van der Waals surface area contributed by atoms with E-state index in [1.807, 2.05) is 4.90 Å². The summed E-state index contributed by atoms with van der Waals surface area (Å²) in [5, 5.41) is 3.54. The van der Waals surface area contributed by atoms with Gasteiger partial charge in [0.25, 0.3) is 0 Å². The predicted octanol–water partition coefficient (Wildman–Crippen LogP) is 6.97. The number of hydrogen-bond acceptors (Lipinski definition) is 4. The highest BCUT2D eigenvalue weighted by Gasteiger charge is 2.42. The first-order chi connectivity index (χ1) is 21.8. The largest absolute Gasteiger partial charge is 0.336 e. The van der Waals surface area contributed by atoms with E-state index in [1.165, 1.54) is 37.1 Å². The highest BCUT2D eigenvalue weighted by molar-refractivity contribution is 6.30. The first-order valence-electron chi connectivity index (χ1n) is 16.5. The monoisotopic (exact) mass is 632 g/mol. The van der Waals surface area contributed by atoms with Crippen molar-refractivity contribution >= 4 is 34.9 Å². The Morgan fingerprint density at radius 1 is 1.04 bits per heavy atom. The Bertz CT molecular complexity index is 1540. The Morgan fingerprint density at radius 2 is 1.80 bits per heavy atom. The number of aromatic nitrogens is 2. The van der Waals surface area contributed by atoms with Crippen molar-refractivity contribution in [1.82, 2.24) is 19.4 Å². The molecule has 3 aliphatic heterocycles. The maximum absolute atomic E-state index is 14.2. The number of nitrogens with zero attached hydrogens (tertiary/aromatic N) is 5. The van der Waals surface area contributed by atoms with Gasteiger partial charge >= 0.3 is 6.03 Å². The standard InChI is InChI=1S/C35H42ClFN6O2/c1-23-38-32-22-40(34(44)24-5-2-6-24)18-15-33(32)43(23)31-20-29-13-14-30(21-31)41(29)16-4-17-42(28-8-3-7-26(37)19-28)35(45)39-27-11-9-25(36)10-12-27/h3,7-12,19,24,29-31H,2,4-6,13-18,20-22H2,1H3,(H,39,45)/t29-,30+,31?. The lowest BCUT2D eigenvalue weighted by Crippen LogP contribution is -2.46. The highest BCUT2D eigenvalue weighted by Crippen LogP contribution is 2.43. The molecule has 4 aliphatic rings. The number of fused-ring (bicyclic) bond motifs is 3. The summed E-state index contributed by atoms with van der Waals surface area (Å²) >= 11 is 6.02. The lowest BCUT2D eigenvalue weighted by molar-refractivity contribution is -0.139. The van der Waals surface area contributed by atoms with E-state index < -0.39 is 0 Å². The molecule has 2 bridgehead atoms. The van der Waals surface area contributed by atoms with Crippen molar-refractivity contribution in [3.05, 3.63) is 76.6 Å². The highest BCUT2D eigenvalue weighted by atomic mass is 35.5. The molecule has 0 radical (unpaired) electrons. The number of nitrogens with one attached hydrogen (secondary N) is 1. The minimum absolute atomic E-state index is 0.230. The van der Waals surface area contributed by atoms with Crippen molar-refractivity contribution in [2.45, 2.75) is 89.4 Å². The van der Waals surface area contributed by atoms with Crippen LogP contribution in [0, 0.1) is 18.7 Å². The summed E-state index contributed by atoms with van der Waals surface area (Å²) in [7, 11) is 0. The van der Waals surface area contributed by atoms with Gasteiger partial charge in [-0.1, -0.05) is 24.1 Å². The van der Waals surface area contributed by atoms with Crippen molar-refractivity contribution < 1.29 is 14.0 Å². The predicted molar refractivity (Wildman–Crippen MR) is 174 cm³/mol. The van der Waals surface area contributed by atoms with Gasteiger partial charge in [-0.25, -0.2) is 14.2 Å². The van der Waals surface area contributed by atoms with Gasteiger partial charge in [0, 0.05) is 72.2 Å². The van der Waals surface area contributed by atoms with Crippen molar-refractivity contribution in [3.8, 4) is 0 Å². The van der Waals surface area contributed by atoms with Crippen LogP contribution < -0.4 is 10.2 Å². The second kappa shape index (κ2) is 12.8. The van der Waals surface area contributed by atoms with Gasteiger partial charge in [-0.2, -0.15) is 0 Å². The summed E-state index contributed by atoms with van der Waals surface area (Å²) < 4.78 is 16.7. The molecule has 7 rings (SSSR count). The number of urea groups is 1. The van der Waals surface area contributed by atoms with Gasteiger partial charge < -0.3 is 14.8 Å². The molecule has 8 nitrogen and oxygen atoms in total. The lowest BCUT2D eigenvalue weighted by atomic mass is 9.84. The van der Waals surface area contributed by atoms with E-state index in [-0.39, 0.29) is 17.8 Å². The Hall–Kier alpha value is -3.43. The summed E-state index contributed by atoms with van der Waals surface area (Å²) in [5.41, 5.74) is 3.60. The zero-order valence-electron chi connectivity index (χ0n) is 25.9. The number of anilines is 2. The van der Waals surface area contributed by atoms with E-state index in [2.05, 4.69) is 21.7 Å². The fourth-order valence-electron chi connectivity index (χ4n) is 8.08. The summed E-state index contributed by atoms with van der Waals surface area (Å²) in [6.45, 7) is 4.94. The van der Waals surface area contributed by atoms with Gasteiger partial charge in [-0.15, -0.1) is 0 Å². The van der Waals surface area contributed by atoms with E-state index in [4.69, 9.17) is 16.6 Å². The van der Waals surface area contributed by atoms with Crippen LogP contribution in [0.25, 0.3) is 0 Å². The molecule has 2 aromatic carbocycles. The van der Waals surface area contributed by atoms with Gasteiger partial charge in [0.05, 0.1) is 12.2 Å². The van der Waals surface area contributed by atoms with Crippen LogP contribution in [0.1, 0.15) is 74.6 Å². The number of amides is 3. The van der Waals surface area contributed by atoms with Crippen LogP contribution in [0.4, 0.5) is 20.6 Å². The molecule has 10 heteroatoms. The van der Waals surface area contributed by atoms with E-state index in [9.17, 15) is 14.0 Å². The van der Waals surface area contributed by atoms with Crippen LogP contribution in [0.5, 0.6) is 0 Å². The molecule has 3 fully saturated rings. The maximum Gasteiger partial charge on any atom is 0.326 e.